The number of ether oxygens (including phenoxy) is 2. The Morgan fingerprint density at radius 1 is 1.42 bits per heavy atom. The van der Waals surface area contributed by atoms with E-state index in [1.165, 1.54) is 11.0 Å². The van der Waals surface area contributed by atoms with Gasteiger partial charge in [-0.2, -0.15) is 0 Å². The lowest BCUT2D eigenvalue weighted by molar-refractivity contribution is -0.145. The van der Waals surface area contributed by atoms with Crippen LogP contribution >= 0.6 is 15.9 Å². The number of hydrogen-bond donors (Lipinski definition) is 1. The minimum atomic E-state index is -1.02. The van der Waals surface area contributed by atoms with Gasteiger partial charge in [-0.15, -0.1) is 0 Å². The van der Waals surface area contributed by atoms with Crippen molar-refractivity contribution in [3.63, 3.8) is 0 Å². The predicted molar refractivity (Wildman–Crippen MR) is 92.9 cm³/mol. The Bertz CT molecular complexity index is 625. The number of aliphatic carboxylic acids is 1. The van der Waals surface area contributed by atoms with Crippen molar-refractivity contribution in [3.8, 4) is 5.75 Å². The Balaban J connectivity index is 2.17. The average Bonchev–Trinajstić information content (AvgIpc) is 2.58. The normalized spacial score (nSPS) is 15.4. The summed E-state index contributed by atoms with van der Waals surface area (Å²) in [6.07, 6.45) is 4.32. The van der Waals surface area contributed by atoms with Gasteiger partial charge >= 0.3 is 5.97 Å². The highest BCUT2D eigenvalue weighted by molar-refractivity contribution is 9.10. The number of rotatable bonds is 6. The summed E-state index contributed by atoms with van der Waals surface area (Å²) in [7, 11) is 1.56. The van der Waals surface area contributed by atoms with E-state index >= 15 is 0 Å². The van der Waals surface area contributed by atoms with Crippen LogP contribution < -0.4 is 4.74 Å². The zero-order valence-electron chi connectivity index (χ0n) is 13.4. The summed E-state index contributed by atoms with van der Waals surface area (Å²) >= 11 is 3.38. The lowest BCUT2D eigenvalue weighted by Crippen LogP contribution is -2.45. The van der Waals surface area contributed by atoms with Gasteiger partial charge in [0.2, 0.25) is 5.91 Å². The number of halogens is 1. The van der Waals surface area contributed by atoms with Crippen LogP contribution in [0, 0.1) is 0 Å². The molecule has 0 bridgehead atoms. The van der Waals surface area contributed by atoms with Gasteiger partial charge in [0.1, 0.15) is 12.3 Å². The molecule has 7 heteroatoms. The summed E-state index contributed by atoms with van der Waals surface area (Å²) in [4.78, 5) is 25.0. The second-order valence-electron chi connectivity index (χ2n) is 5.42. The molecule has 1 heterocycles. The molecule has 2 rings (SSSR count). The van der Waals surface area contributed by atoms with E-state index in [-0.39, 0.29) is 18.5 Å². The number of carbonyl (C=O) groups excluding carboxylic acids is 1. The van der Waals surface area contributed by atoms with Crippen LogP contribution in [0.25, 0.3) is 6.08 Å². The number of nitrogens with zero attached hydrogens (tertiary/aromatic N) is 1. The first-order valence-electron chi connectivity index (χ1n) is 7.63. The standard InChI is InChI=1S/C17H20BrNO5/c1-23-15-4-3-13(18)10-12(15)2-5-16(20)19(11-17(21)22)14-6-8-24-9-7-14/h2-5,10,14H,6-9,11H2,1H3,(H,21,22)/b5-2+. The summed E-state index contributed by atoms with van der Waals surface area (Å²) < 4.78 is 11.4. The molecule has 1 N–H and O–H groups in total. The smallest absolute Gasteiger partial charge is 0.323 e. The molecule has 0 aliphatic carbocycles. The minimum Gasteiger partial charge on any atom is -0.496 e. The van der Waals surface area contributed by atoms with Gasteiger partial charge in [0, 0.05) is 35.4 Å². The quantitative estimate of drug-likeness (QED) is 0.746. The monoisotopic (exact) mass is 397 g/mol. The van der Waals surface area contributed by atoms with E-state index in [1.807, 2.05) is 12.1 Å². The van der Waals surface area contributed by atoms with E-state index in [2.05, 4.69) is 15.9 Å². The summed E-state index contributed by atoms with van der Waals surface area (Å²) in [5.74, 6) is -0.715. The second kappa shape index (κ2) is 8.84. The van der Waals surface area contributed by atoms with Crippen LogP contribution in [-0.4, -0.2) is 54.8 Å². The Kier molecular flexibility index (Phi) is 6.81. The van der Waals surface area contributed by atoms with Gasteiger partial charge < -0.3 is 19.5 Å². The lowest BCUT2D eigenvalue weighted by atomic mass is 10.1. The van der Waals surface area contributed by atoms with Crippen molar-refractivity contribution in [2.24, 2.45) is 0 Å². The molecular weight excluding hydrogens is 378 g/mol. The van der Waals surface area contributed by atoms with Crippen LogP contribution in [0.3, 0.4) is 0 Å². The number of hydrogen-bond acceptors (Lipinski definition) is 4. The maximum absolute atomic E-state index is 12.5. The lowest BCUT2D eigenvalue weighted by Gasteiger charge is -2.32. The molecule has 1 aliphatic heterocycles. The third-order valence-corrected chi connectivity index (χ3v) is 4.31. The van der Waals surface area contributed by atoms with Gasteiger partial charge in [-0.3, -0.25) is 9.59 Å². The molecule has 1 fully saturated rings. The van der Waals surface area contributed by atoms with Crippen LogP contribution in [0.4, 0.5) is 0 Å². The van der Waals surface area contributed by atoms with Crippen molar-refractivity contribution >= 4 is 33.9 Å². The van der Waals surface area contributed by atoms with Gasteiger partial charge in [-0.1, -0.05) is 15.9 Å². The number of methoxy groups -OCH3 is 1. The Morgan fingerprint density at radius 3 is 2.75 bits per heavy atom. The van der Waals surface area contributed by atoms with Crippen LogP contribution in [0.2, 0.25) is 0 Å². The summed E-state index contributed by atoms with van der Waals surface area (Å²) in [5.41, 5.74) is 0.738. The molecule has 6 nitrogen and oxygen atoms in total. The van der Waals surface area contributed by atoms with Crippen LogP contribution in [-0.2, 0) is 14.3 Å². The summed E-state index contributed by atoms with van der Waals surface area (Å²) in [6, 6.07) is 5.35. The van der Waals surface area contributed by atoms with Crippen LogP contribution in [0.15, 0.2) is 28.7 Å². The third-order valence-electron chi connectivity index (χ3n) is 3.82. The Labute approximate surface area is 149 Å². The minimum absolute atomic E-state index is 0.114. The number of carboxylic acids is 1. The molecule has 0 saturated carbocycles. The molecule has 1 amide bonds. The number of carbonyl (C=O) groups is 2. The van der Waals surface area contributed by atoms with Crippen molar-refractivity contribution < 1.29 is 24.2 Å². The van der Waals surface area contributed by atoms with Crippen molar-refractivity contribution in [3.05, 3.63) is 34.3 Å². The van der Waals surface area contributed by atoms with Crippen molar-refractivity contribution in [1.82, 2.24) is 4.90 Å². The molecule has 1 aromatic rings. The van der Waals surface area contributed by atoms with Gasteiger partial charge in [-0.05, 0) is 37.1 Å². The Morgan fingerprint density at radius 2 is 2.12 bits per heavy atom. The molecule has 0 atom stereocenters. The highest BCUT2D eigenvalue weighted by Gasteiger charge is 2.26. The van der Waals surface area contributed by atoms with E-state index in [9.17, 15) is 9.59 Å². The molecule has 1 saturated heterocycles. The highest BCUT2D eigenvalue weighted by atomic mass is 79.9. The second-order valence-corrected chi connectivity index (χ2v) is 6.34. The van der Waals surface area contributed by atoms with Crippen LogP contribution in [0.5, 0.6) is 5.75 Å². The molecule has 0 radical (unpaired) electrons. The van der Waals surface area contributed by atoms with Crippen LogP contribution in [0.1, 0.15) is 18.4 Å². The topological polar surface area (TPSA) is 76.1 Å². The van der Waals surface area contributed by atoms with E-state index < -0.39 is 5.97 Å². The molecule has 0 aromatic heterocycles. The van der Waals surface area contributed by atoms with Gasteiger partial charge in [-0.25, -0.2) is 0 Å². The van der Waals surface area contributed by atoms with Gasteiger partial charge in [0.15, 0.2) is 0 Å². The highest BCUT2D eigenvalue weighted by Crippen LogP contribution is 2.24. The Hall–Kier alpha value is -1.86. The van der Waals surface area contributed by atoms with Gasteiger partial charge in [0.05, 0.1) is 7.11 Å². The van der Waals surface area contributed by atoms with E-state index in [0.29, 0.717) is 31.8 Å². The molecule has 1 aromatic carbocycles. The predicted octanol–water partition coefficient (Wildman–Crippen LogP) is 2.56. The average molecular weight is 398 g/mol. The third kappa shape index (κ3) is 5.07. The molecular formula is C17H20BrNO5. The van der Waals surface area contributed by atoms with Crippen molar-refractivity contribution in [2.45, 2.75) is 18.9 Å². The fraction of sp³-hybridized carbons (Fsp3) is 0.412. The molecule has 0 spiro atoms. The fourth-order valence-electron chi connectivity index (χ4n) is 2.62. The molecule has 1 aliphatic rings. The maximum atomic E-state index is 12.5. The van der Waals surface area contributed by atoms with E-state index in [1.54, 1.807) is 19.3 Å². The van der Waals surface area contributed by atoms with E-state index in [4.69, 9.17) is 14.6 Å². The van der Waals surface area contributed by atoms with Crippen molar-refractivity contribution in [2.75, 3.05) is 26.9 Å². The largest absolute Gasteiger partial charge is 0.496 e. The first-order chi connectivity index (χ1) is 11.5. The van der Waals surface area contributed by atoms with E-state index in [0.717, 1.165) is 10.0 Å². The zero-order valence-corrected chi connectivity index (χ0v) is 15.0. The number of benzene rings is 1. The van der Waals surface area contributed by atoms with Crippen molar-refractivity contribution in [1.29, 1.82) is 0 Å². The summed E-state index contributed by atoms with van der Waals surface area (Å²) in [5, 5.41) is 9.09. The number of carboxylic acid groups (broad SMARTS) is 1. The first kappa shape index (κ1) is 18.5. The van der Waals surface area contributed by atoms with Gasteiger partial charge in [0.25, 0.3) is 0 Å². The first-order valence-corrected chi connectivity index (χ1v) is 8.42. The molecule has 24 heavy (non-hydrogen) atoms. The number of amides is 1. The molecule has 130 valence electrons. The SMILES string of the molecule is COc1ccc(Br)cc1/C=C/C(=O)N(CC(=O)O)C1CCOCC1. The maximum Gasteiger partial charge on any atom is 0.323 e. The zero-order chi connectivity index (χ0) is 17.5. The molecule has 0 unspecified atom stereocenters. The fourth-order valence-corrected chi connectivity index (χ4v) is 3.00. The summed E-state index contributed by atoms with van der Waals surface area (Å²) in [6.45, 7) is 0.762.